The van der Waals surface area contributed by atoms with Crippen LogP contribution in [0.4, 0.5) is 0 Å². The van der Waals surface area contributed by atoms with E-state index in [0.717, 1.165) is 37.1 Å². The van der Waals surface area contributed by atoms with Crippen LogP contribution in [0.15, 0.2) is 30.3 Å². The van der Waals surface area contributed by atoms with Crippen molar-refractivity contribution >= 4 is 10.9 Å². The zero-order chi connectivity index (χ0) is 14.2. The molecule has 0 bridgehead atoms. The van der Waals surface area contributed by atoms with Crippen LogP contribution in [0.2, 0.25) is 0 Å². The van der Waals surface area contributed by atoms with E-state index in [9.17, 15) is 0 Å². The molecule has 2 aromatic rings. The fraction of sp³-hybridized carbons (Fsp3) is 0.471. The van der Waals surface area contributed by atoms with E-state index in [4.69, 9.17) is 5.11 Å². The van der Waals surface area contributed by atoms with Crippen molar-refractivity contribution in [2.75, 3.05) is 13.2 Å². The number of aromatic nitrogens is 1. The first-order valence-corrected chi connectivity index (χ1v) is 7.48. The second-order valence-corrected chi connectivity index (χ2v) is 5.25. The molecule has 0 aliphatic heterocycles. The van der Waals surface area contributed by atoms with Crippen molar-refractivity contribution < 1.29 is 5.11 Å². The quantitative estimate of drug-likeness (QED) is 0.725. The van der Waals surface area contributed by atoms with Crippen LogP contribution in [0.5, 0.6) is 0 Å². The third-order valence-electron chi connectivity index (χ3n) is 3.51. The van der Waals surface area contributed by atoms with E-state index in [0.29, 0.717) is 6.61 Å². The van der Waals surface area contributed by atoms with E-state index in [-0.39, 0.29) is 0 Å². The number of nitrogens with zero attached hydrogens (tertiary/aromatic N) is 1. The van der Waals surface area contributed by atoms with Crippen molar-refractivity contribution in [2.24, 2.45) is 0 Å². The van der Waals surface area contributed by atoms with E-state index >= 15 is 0 Å². The maximum absolute atomic E-state index is 8.72. The van der Waals surface area contributed by atoms with Gasteiger partial charge in [0.1, 0.15) is 0 Å². The minimum atomic E-state index is 0.315. The van der Waals surface area contributed by atoms with E-state index in [1.54, 1.807) is 0 Å². The maximum Gasteiger partial charge on any atom is 0.0708 e. The normalized spacial score (nSPS) is 11.1. The molecule has 0 fully saturated rings. The Morgan fingerprint density at radius 2 is 1.90 bits per heavy atom. The summed E-state index contributed by atoms with van der Waals surface area (Å²) < 4.78 is 0. The van der Waals surface area contributed by atoms with Gasteiger partial charge in [-0.3, -0.25) is 4.98 Å². The Hall–Kier alpha value is -1.45. The van der Waals surface area contributed by atoms with Gasteiger partial charge in [0.05, 0.1) is 5.52 Å². The molecule has 0 aliphatic rings. The van der Waals surface area contributed by atoms with Crippen molar-refractivity contribution in [3.8, 4) is 0 Å². The van der Waals surface area contributed by atoms with Crippen molar-refractivity contribution in [3.05, 3.63) is 41.6 Å². The zero-order valence-electron chi connectivity index (χ0n) is 12.2. The monoisotopic (exact) mass is 272 g/mol. The van der Waals surface area contributed by atoms with Crippen LogP contribution in [0.25, 0.3) is 10.9 Å². The number of aryl methyl sites for hydroxylation is 1. The molecule has 0 atom stereocenters. The lowest BCUT2D eigenvalue weighted by atomic mass is 10.1. The number of benzene rings is 1. The van der Waals surface area contributed by atoms with Gasteiger partial charge in [-0.1, -0.05) is 31.0 Å². The highest BCUT2D eigenvalue weighted by molar-refractivity contribution is 5.82. The summed E-state index contributed by atoms with van der Waals surface area (Å²) in [6, 6.07) is 10.5. The van der Waals surface area contributed by atoms with Crippen LogP contribution in [-0.4, -0.2) is 23.2 Å². The third-order valence-corrected chi connectivity index (χ3v) is 3.51. The molecule has 108 valence electrons. The van der Waals surface area contributed by atoms with Gasteiger partial charge in [-0.2, -0.15) is 0 Å². The molecule has 0 radical (unpaired) electrons. The number of aliphatic hydroxyl groups excluding tert-OH is 1. The number of nitrogens with one attached hydrogen (secondary N) is 1. The van der Waals surface area contributed by atoms with Gasteiger partial charge < -0.3 is 10.4 Å². The van der Waals surface area contributed by atoms with E-state index < -0.39 is 0 Å². The number of para-hydroxylation sites is 1. The summed E-state index contributed by atoms with van der Waals surface area (Å²) >= 11 is 0. The maximum atomic E-state index is 8.72. The number of aliphatic hydroxyl groups is 1. The van der Waals surface area contributed by atoms with Crippen molar-refractivity contribution in [1.29, 1.82) is 0 Å². The minimum Gasteiger partial charge on any atom is -0.396 e. The van der Waals surface area contributed by atoms with Crippen molar-refractivity contribution in [1.82, 2.24) is 10.3 Å². The standard InChI is InChI=1S/C17H24N2O/c1-14-12-15(13-18-10-6-2-3-7-11-20)16-8-4-5-9-17(16)19-14/h4-5,8-9,12,18,20H,2-3,6-7,10-11,13H2,1H3. The number of unbranched alkanes of at least 4 members (excludes halogenated alkanes) is 3. The lowest BCUT2D eigenvalue weighted by Gasteiger charge is -2.09. The molecule has 1 aromatic carbocycles. The Bertz CT molecular complexity index is 540. The molecule has 20 heavy (non-hydrogen) atoms. The molecule has 3 nitrogen and oxygen atoms in total. The van der Waals surface area contributed by atoms with Crippen LogP contribution in [0.3, 0.4) is 0 Å². The SMILES string of the molecule is Cc1cc(CNCCCCCCO)c2ccccc2n1. The molecule has 0 saturated heterocycles. The van der Waals surface area contributed by atoms with Gasteiger partial charge in [0.2, 0.25) is 0 Å². The Balaban J connectivity index is 1.86. The molecule has 0 amide bonds. The Kier molecular flexibility index (Phi) is 5.96. The minimum absolute atomic E-state index is 0.315. The number of fused-ring (bicyclic) bond motifs is 1. The second-order valence-electron chi connectivity index (χ2n) is 5.25. The topological polar surface area (TPSA) is 45.1 Å². The predicted molar refractivity (Wildman–Crippen MR) is 83.7 cm³/mol. The molecular weight excluding hydrogens is 248 g/mol. The molecule has 0 spiro atoms. The van der Waals surface area contributed by atoms with E-state index in [1.165, 1.54) is 23.8 Å². The predicted octanol–water partition coefficient (Wildman–Crippen LogP) is 3.19. The van der Waals surface area contributed by atoms with Crippen LogP contribution in [0, 0.1) is 6.92 Å². The third kappa shape index (κ3) is 4.29. The number of hydrogen-bond acceptors (Lipinski definition) is 3. The Labute approximate surface area is 121 Å². The summed E-state index contributed by atoms with van der Waals surface area (Å²) in [6.07, 6.45) is 4.40. The van der Waals surface area contributed by atoms with Gasteiger partial charge in [0.15, 0.2) is 0 Å². The zero-order valence-corrected chi connectivity index (χ0v) is 12.2. The van der Waals surface area contributed by atoms with Crippen molar-refractivity contribution in [2.45, 2.75) is 39.2 Å². The average molecular weight is 272 g/mol. The van der Waals surface area contributed by atoms with Crippen molar-refractivity contribution in [3.63, 3.8) is 0 Å². The molecule has 0 aliphatic carbocycles. The van der Waals surface area contributed by atoms with Gasteiger partial charge in [0, 0.05) is 24.2 Å². The fourth-order valence-electron chi connectivity index (χ4n) is 2.48. The largest absolute Gasteiger partial charge is 0.396 e. The molecule has 0 unspecified atom stereocenters. The van der Waals surface area contributed by atoms with Crippen LogP contribution < -0.4 is 5.32 Å². The molecule has 1 aromatic heterocycles. The summed E-state index contributed by atoms with van der Waals surface area (Å²) in [7, 11) is 0. The summed E-state index contributed by atoms with van der Waals surface area (Å²) in [5, 5.41) is 13.5. The van der Waals surface area contributed by atoms with E-state index in [2.05, 4.69) is 34.6 Å². The molecule has 0 saturated carbocycles. The first-order valence-electron chi connectivity index (χ1n) is 7.48. The highest BCUT2D eigenvalue weighted by atomic mass is 16.2. The van der Waals surface area contributed by atoms with Crippen LogP contribution in [-0.2, 0) is 6.54 Å². The smallest absolute Gasteiger partial charge is 0.0708 e. The number of pyridine rings is 1. The molecule has 3 heteroatoms. The number of rotatable bonds is 8. The van der Waals surface area contributed by atoms with Gasteiger partial charge >= 0.3 is 0 Å². The fourth-order valence-corrected chi connectivity index (χ4v) is 2.48. The molecule has 2 rings (SSSR count). The van der Waals surface area contributed by atoms with Crippen LogP contribution >= 0.6 is 0 Å². The summed E-state index contributed by atoms with van der Waals surface area (Å²) in [6.45, 7) is 4.28. The first-order chi connectivity index (χ1) is 9.81. The summed E-state index contributed by atoms with van der Waals surface area (Å²) in [5.41, 5.74) is 3.47. The summed E-state index contributed by atoms with van der Waals surface area (Å²) in [5.74, 6) is 0. The van der Waals surface area contributed by atoms with Crippen LogP contribution in [0.1, 0.15) is 36.9 Å². The summed E-state index contributed by atoms with van der Waals surface area (Å²) in [4.78, 5) is 4.56. The number of hydrogen-bond donors (Lipinski definition) is 2. The average Bonchev–Trinajstić information content (AvgIpc) is 2.46. The Morgan fingerprint density at radius 1 is 1.10 bits per heavy atom. The molecule has 1 heterocycles. The second kappa shape index (κ2) is 7.98. The van der Waals surface area contributed by atoms with Gasteiger partial charge in [-0.15, -0.1) is 0 Å². The lowest BCUT2D eigenvalue weighted by Crippen LogP contribution is -2.15. The van der Waals surface area contributed by atoms with E-state index in [1.807, 2.05) is 13.0 Å². The molecular formula is C17H24N2O. The Morgan fingerprint density at radius 3 is 2.75 bits per heavy atom. The van der Waals surface area contributed by atoms with Gasteiger partial charge in [0.25, 0.3) is 0 Å². The van der Waals surface area contributed by atoms with Gasteiger partial charge in [-0.25, -0.2) is 0 Å². The lowest BCUT2D eigenvalue weighted by molar-refractivity contribution is 0.282. The molecule has 2 N–H and O–H groups in total. The first kappa shape index (κ1) is 14.9. The highest BCUT2D eigenvalue weighted by Gasteiger charge is 2.02. The van der Waals surface area contributed by atoms with Gasteiger partial charge in [-0.05, 0) is 44.0 Å². The highest BCUT2D eigenvalue weighted by Crippen LogP contribution is 2.17.